The van der Waals surface area contributed by atoms with Gasteiger partial charge in [-0.15, -0.1) is 0 Å². The molecule has 0 unspecified atom stereocenters. The Labute approximate surface area is 281 Å². The van der Waals surface area contributed by atoms with Crippen molar-refractivity contribution in [1.82, 2.24) is 0 Å². The van der Waals surface area contributed by atoms with E-state index in [9.17, 15) is 40.3 Å². The summed E-state index contributed by atoms with van der Waals surface area (Å²) in [4.78, 5) is 37.2. The fourth-order valence-corrected chi connectivity index (χ4v) is 10.8. The van der Waals surface area contributed by atoms with Gasteiger partial charge in [0.25, 0.3) is 0 Å². The number of hydrogen-bond acceptors (Lipinski definition) is 15. The Morgan fingerprint density at radius 2 is 1.48 bits per heavy atom. The fourth-order valence-electron chi connectivity index (χ4n) is 9.75. The second-order valence-electron chi connectivity index (χ2n) is 14.5. The lowest BCUT2D eigenvalue weighted by molar-refractivity contribution is -0.316. The average Bonchev–Trinajstić information content (AvgIpc) is 3.29. The van der Waals surface area contributed by atoms with Crippen molar-refractivity contribution in [1.29, 1.82) is 0 Å². The zero-order valence-corrected chi connectivity index (χ0v) is 29.5. The minimum absolute atomic E-state index is 0.0285. The minimum Gasteiger partial charge on any atom is -0.726 e. The highest BCUT2D eigenvalue weighted by Crippen LogP contribution is 2.66. The van der Waals surface area contributed by atoms with E-state index in [1.807, 2.05) is 0 Å². The molecule has 1 heterocycles. The van der Waals surface area contributed by atoms with Crippen LogP contribution in [0.2, 0.25) is 0 Å². The molecule has 3 saturated carbocycles. The van der Waals surface area contributed by atoms with Crippen LogP contribution < -0.4 is 0 Å². The summed E-state index contributed by atoms with van der Waals surface area (Å²) in [7, 11) is -10.3. The number of rotatable bonds is 9. The van der Waals surface area contributed by atoms with Gasteiger partial charge < -0.3 is 28.1 Å². The third-order valence-electron chi connectivity index (χ3n) is 11.6. The Balaban J connectivity index is 1.54. The van der Waals surface area contributed by atoms with E-state index in [0.29, 0.717) is 25.7 Å². The normalized spacial score (nSPS) is 42.8. The molecule has 5 aliphatic rings. The van der Waals surface area contributed by atoms with Crippen LogP contribution in [0.15, 0.2) is 11.6 Å². The van der Waals surface area contributed by atoms with Gasteiger partial charge in [0.2, 0.25) is 20.8 Å². The highest BCUT2D eigenvalue weighted by atomic mass is 32.3. The molecule has 5 rings (SSSR count). The number of fused-ring (bicyclic) bond motifs is 5. The highest BCUT2D eigenvalue weighted by Gasteiger charge is 2.61. The van der Waals surface area contributed by atoms with Gasteiger partial charge in [-0.05, 0) is 87.4 Å². The molecule has 0 bridgehead atoms. The molecule has 272 valence electrons. The van der Waals surface area contributed by atoms with E-state index in [4.69, 9.17) is 27.3 Å². The lowest BCUT2D eigenvalue weighted by Gasteiger charge is -2.59. The van der Waals surface area contributed by atoms with Gasteiger partial charge in [-0.3, -0.25) is 22.7 Å². The van der Waals surface area contributed by atoms with Gasteiger partial charge in [-0.25, -0.2) is 16.8 Å². The van der Waals surface area contributed by atoms with Gasteiger partial charge in [-0.2, -0.15) is 0 Å². The van der Waals surface area contributed by atoms with Crippen molar-refractivity contribution >= 4 is 38.5 Å². The summed E-state index contributed by atoms with van der Waals surface area (Å²) in [6, 6.07) is 0. The summed E-state index contributed by atoms with van der Waals surface area (Å²) in [6.07, 6.45) is -3.34. The summed E-state index contributed by atoms with van der Waals surface area (Å²) >= 11 is 0. The van der Waals surface area contributed by atoms with E-state index in [-0.39, 0.29) is 35.4 Å². The van der Waals surface area contributed by atoms with Crippen molar-refractivity contribution in [2.24, 2.45) is 34.5 Å². The molecule has 0 aromatic carbocycles. The van der Waals surface area contributed by atoms with Crippen LogP contribution in [0.3, 0.4) is 0 Å². The summed E-state index contributed by atoms with van der Waals surface area (Å²) in [5, 5.41) is 0. The molecule has 13 atom stereocenters. The fraction of sp³-hybridized carbons (Fsp3) is 0.839. The number of carbonyl (C=O) groups excluding carboxylic acids is 3. The van der Waals surface area contributed by atoms with Gasteiger partial charge in [0.15, 0.2) is 18.5 Å². The third kappa shape index (κ3) is 7.38. The molecule has 0 aromatic rings. The number of hydrogen-bond donors (Lipinski definition) is 0. The first-order chi connectivity index (χ1) is 22.1. The zero-order valence-electron chi connectivity index (χ0n) is 27.8. The quantitative estimate of drug-likeness (QED) is 0.144. The number of allylic oxidation sites excluding steroid dienone is 2. The largest absolute Gasteiger partial charge is 0.726 e. The first kappa shape index (κ1) is 37.3. The van der Waals surface area contributed by atoms with Crippen LogP contribution in [0.5, 0.6) is 0 Å². The SMILES string of the molecule is CC(=O)O[C@@H]1[C@@H](OC(C)=O)[C@H](O[C@H]2C[C@@H]3C(=CC[C@]4(C)[C@@H](C(C)=O)CC[C@@H]34)[C@@]3(C)CC[C@H](OS(=O)(=O)[O-])C[C@H]23)O[C@H](C)[C@H]1OS(=O)(=O)[O-]. The second-order valence-corrected chi connectivity index (χ2v) is 16.5. The smallest absolute Gasteiger partial charge is 0.303 e. The number of Topliss-reactive ketones (excluding diaryl/α,β-unsaturated/α-hetero) is 1. The van der Waals surface area contributed by atoms with Gasteiger partial charge in [0, 0.05) is 19.8 Å². The van der Waals surface area contributed by atoms with Gasteiger partial charge in [0.1, 0.15) is 11.9 Å². The van der Waals surface area contributed by atoms with Gasteiger partial charge >= 0.3 is 11.9 Å². The van der Waals surface area contributed by atoms with Crippen molar-refractivity contribution in [3.8, 4) is 0 Å². The molecule has 4 fully saturated rings. The predicted octanol–water partition coefficient (Wildman–Crippen LogP) is 2.45. The molecular formula is C31H44O15S2-2. The van der Waals surface area contributed by atoms with Crippen molar-refractivity contribution in [2.45, 2.75) is 129 Å². The maximum atomic E-state index is 12.7. The van der Waals surface area contributed by atoms with Crippen LogP contribution in [0.1, 0.15) is 86.5 Å². The van der Waals surface area contributed by atoms with Crippen LogP contribution in [0.4, 0.5) is 0 Å². The molecule has 1 aliphatic heterocycles. The van der Waals surface area contributed by atoms with E-state index >= 15 is 0 Å². The summed E-state index contributed by atoms with van der Waals surface area (Å²) in [5.74, 6) is -2.00. The molecule has 17 heteroatoms. The zero-order chi connectivity index (χ0) is 35.6. The topological polar surface area (TPSA) is 221 Å². The number of carbonyl (C=O) groups is 3. The summed E-state index contributed by atoms with van der Waals surface area (Å²) < 4.78 is 103. The summed E-state index contributed by atoms with van der Waals surface area (Å²) in [5.41, 5.74) is 0.379. The van der Waals surface area contributed by atoms with E-state index in [1.165, 1.54) is 12.5 Å². The Hall–Kier alpha value is -1.99. The van der Waals surface area contributed by atoms with Gasteiger partial charge in [0.05, 0.1) is 18.3 Å². The van der Waals surface area contributed by atoms with Crippen LogP contribution in [0, 0.1) is 34.5 Å². The van der Waals surface area contributed by atoms with E-state index < -0.39 is 87.0 Å². The molecule has 15 nitrogen and oxygen atoms in total. The van der Waals surface area contributed by atoms with Crippen molar-refractivity contribution in [3.05, 3.63) is 11.6 Å². The van der Waals surface area contributed by atoms with E-state index in [1.54, 1.807) is 6.92 Å². The predicted molar refractivity (Wildman–Crippen MR) is 161 cm³/mol. The molecule has 0 N–H and O–H groups in total. The summed E-state index contributed by atoms with van der Waals surface area (Å²) in [6.45, 7) is 9.36. The average molecular weight is 721 g/mol. The maximum absolute atomic E-state index is 12.7. The van der Waals surface area contributed by atoms with E-state index in [2.05, 4.69) is 19.9 Å². The lowest BCUT2D eigenvalue weighted by Crippen LogP contribution is -2.63. The molecule has 0 amide bonds. The monoisotopic (exact) mass is 720 g/mol. The molecular weight excluding hydrogens is 676 g/mol. The molecule has 0 radical (unpaired) electrons. The maximum Gasteiger partial charge on any atom is 0.303 e. The van der Waals surface area contributed by atoms with Crippen LogP contribution in [0.25, 0.3) is 0 Å². The first-order valence-corrected chi connectivity index (χ1v) is 18.9. The standard InChI is InChI=1S/C31H46O15S2/c1-15(32)21-7-8-22-20-14-25(24-13-19(45-47(35,36)37)9-11-31(24,6)23(20)10-12-30(21,22)5)44-29-28(43-18(4)34)27(42-17(3)33)26(16(2)41-29)46-48(38,39)40/h10,16,19-22,24-29H,7-9,11-14H2,1-6H3,(H,35,36,37)(H,38,39,40)/p-2/t16-,19+,20+,21-,22+,24-,25+,26-,27+,28-,29+,30-,31-/m1/s1. The number of ketones is 1. The highest BCUT2D eigenvalue weighted by molar-refractivity contribution is 7.81. The van der Waals surface area contributed by atoms with Crippen molar-refractivity contribution < 1.29 is 67.6 Å². The van der Waals surface area contributed by atoms with E-state index in [0.717, 1.165) is 26.7 Å². The second kappa shape index (κ2) is 13.3. The first-order valence-electron chi connectivity index (χ1n) is 16.3. The Morgan fingerprint density at radius 3 is 2.06 bits per heavy atom. The Bertz CT molecular complexity index is 1540. The van der Waals surface area contributed by atoms with Crippen LogP contribution in [-0.4, -0.2) is 86.6 Å². The van der Waals surface area contributed by atoms with Gasteiger partial charge in [-0.1, -0.05) is 25.5 Å². The van der Waals surface area contributed by atoms with Crippen LogP contribution >= 0.6 is 0 Å². The Kier molecular flexibility index (Phi) is 10.3. The molecule has 48 heavy (non-hydrogen) atoms. The number of esters is 2. The lowest BCUT2D eigenvalue weighted by atomic mass is 9.48. The Morgan fingerprint density at radius 1 is 0.854 bits per heavy atom. The molecule has 1 saturated heterocycles. The molecule has 4 aliphatic carbocycles. The van der Waals surface area contributed by atoms with Crippen molar-refractivity contribution in [2.75, 3.05) is 0 Å². The third-order valence-corrected chi connectivity index (χ3v) is 12.6. The number of ether oxygens (including phenoxy) is 4. The molecule has 0 spiro atoms. The van der Waals surface area contributed by atoms with Crippen LogP contribution in [-0.2, 0) is 62.5 Å². The molecule has 0 aromatic heterocycles. The van der Waals surface area contributed by atoms with Crippen molar-refractivity contribution in [3.63, 3.8) is 0 Å². The minimum atomic E-state index is -5.33.